The number of benzene rings is 1. The van der Waals surface area contributed by atoms with E-state index in [1.54, 1.807) is 6.20 Å². The molecule has 0 aliphatic heterocycles. The summed E-state index contributed by atoms with van der Waals surface area (Å²) in [6.45, 7) is 5.30. The molecule has 0 aliphatic carbocycles. The van der Waals surface area contributed by atoms with Gasteiger partial charge in [0.05, 0.1) is 6.61 Å². The van der Waals surface area contributed by atoms with Crippen molar-refractivity contribution in [1.29, 1.82) is 0 Å². The van der Waals surface area contributed by atoms with Gasteiger partial charge < -0.3 is 14.4 Å². The minimum Gasteiger partial charge on any atom is -0.493 e. The maximum Gasteiger partial charge on any atom is 0.142 e. The summed E-state index contributed by atoms with van der Waals surface area (Å²) in [5.74, 6) is 1.35. The predicted molar refractivity (Wildman–Crippen MR) is 69.6 cm³/mol. The molecule has 1 aromatic heterocycles. The topological polar surface area (TPSA) is 47.3 Å². The highest BCUT2D eigenvalue weighted by atomic mass is 16.5. The van der Waals surface area contributed by atoms with Crippen molar-refractivity contribution < 1.29 is 9.84 Å². The fraction of sp³-hybridized carbons (Fsp3) is 0.357. The highest BCUT2D eigenvalue weighted by molar-refractivity contribution is 5.37. The second-order valence-electron chi connectivity index (χ2n) is 3.94. The lowest BCUT2D eigenvalue weighted by Crippen LogP contribution is -2.10. The van der Waals surface area contributed by atoms with E-state index in [0.717, 1.165) is 12.1 Å². The minimum atomic E-state index is -0.761. The van der Waals surface area contributed by atoms with Crippen LogP contribution in [0.15, 0.2) is 36.7 Å². The number of aliphatic hydroxyl groups excluding tert-OH is 1. The Labute approximate surface area is 107 Å². The lowest BCUT2D eigenvalue weighted by atomic mass is 10.1. The number of rotatable bonds is 5. The molecule has 0 saturated heterocycles. The predicted octanol–water partition coefficient (Wildman–Crippen LogP) is 2.38. The number of hydrogen-bond acceptors (Lipinski definition) is 3. The van der Waals surface area contributed by atoms with Crippen molar-refractivity contribution in [2.24, 2.45) is 0 Å². The van der Waals surface area contributed by atoms with Crippen LogP contribution in [0, 0.1) is 0 Å². The first-order chi connectivity index (χ1) is 8.77. The molecule has 0 bridgehead atoms. The average Bonchev–Trinajstić information content (AvgIpc) is 2.87. The van der Waals surface area contributed by atoms with Crippen molar-refractivity contribution in [3.63, 3.8) is 0 Å². The highest BCUT2D eigenvalue weighted by Gasteiger charge is 2.19. The third-order valence-electron chi connectivity index (χ3n) is 2.85. The zero-order chi connectivity index (χ0) is 13.0. The molecule has 0 amide bonds. The number of aromatic nitrogens is 2. The fourth-order valence-electron chi connectivity index (χ4n) is 1.97. The van der Waals surface area contributed by atoms with Crippen LogP contribution in [-0.2, 0) is 6.54 Å². The van der Waals surface area contributed by atoms with Gasteiger partial charge in [-0.15, -0.1) is 0 Å². The van der Waals surface area contributed by atoms with Crippen molar-refractivity contribution in [2.75, 3.05) is 6.61 Å². The molecule has 0 unspecified atom stereocenters. The van der Waals surface area contributed by atoms with E-state index >= 15 is 0 Å². The molecule has 96 valence electrons. The summed E-state index contributed by atoms with van der Waals surface area (Å²) in [6, 6.07) is 7.51. The van der Waals surface area contributed by atoms with Crippen LogP contribution in [0.3, 0.4) is 0 Å². The van der Waals surface area contributed by atoms with Crippen LogP contribution in [0.1, 0.15) is 31.3 Å². The summed E-state index contributed by atoms with van der Waals surface area (Å²) in [4.78, 5) is 4.22. The van der Waals surface area contributed by atoms with E-state index < -0.39 is 6.10 Å². The molecule has 0 saturated carbocycles. The second-order valence-corrected chi connectivity index (χ2v) is 3.94. The van der Waals surface area contributed by atoms with Gasteiger partial charge in [0.1, 0.15) is 17.7 Å². The van der Waals surface area contributed by atoms with Gasteiger partial charge in [-0.3, -0.25) is 0 Å². The van der Waals surface area contributed by atoms with Crippen LogP contribution in [0.2, 0.25) is 0 Å². The molecule has 4 heteroatoms. The fourth-order valence-corrected chi connectivity index (χ4v) is 1.97. The number of aryl methyl sites for hydroxylation is 1. The molecule has 18 heavy (non-hydrogen) atoms. The number of hydrogen-bond donors (Lipinski definition) is 1. The molecule has 1 atom stereocenters. The van der Waals surface area contributed by atoms with Gasteiger partial charge in [0.25, 0.3) is 0 Å². The van der Waals surface area contributed by atoms with E-state index in [1.165, 1.54) is 0 Å². The van der Waals surface area contributed by atoms with E-state index in [1.807, 2.05) is 48.9 Å². The Morgan fingerprint density at radius 1 is 1.33 bits per heavy atom. The van der Waals surface area contributed by atoms with Crippen LogP contribution in [0.5, 0.6) is 5.75 Å². The van der Waals surface area contributed by atoms with Crippen molar-refractivity contribution >= 4 is 0 Å². The molecular weight excluding hydrogens is 228 g/mol. The lowest BCUT2D eigenvalue weighted by molar-refractivity contribution is 0.197. The zero-order valence-electron chi connectivity index (χ0n) is 10.7. The van der Waals surface area contributed by atoms with Gasteiger partial charge in [-0.25, -0.2) is 4.98 Å². The summed E-state index contributed by atoms with van der Waals surface area (Å²) < 4.78 is 7.46. The largest absolute Gasteiger partial charge is 0.493 e. The van der Waals surface area contributed by atoms with E-state index in [2.05, 4.69) is 4.98 Å². The molecule has 1 aromatic carbocycles. The van der Waals surface area contributed by atoms with Gasteiger partial charge in [0, 0.05) is 24.5 Å². The number of aliphatic hydroxyl groups is 1. The lowest BCUT2D eigenvalue weighted by Gasteiger charge is -2.16. The first kappa shape index (κ1) is 12.6. The number of nitrogens with zero attached hydrogens (tertiary/aromatic N) is 2. The smallest absolute Gasteiger partial charge is 0.142 e. The van der Waals surface area contributed by atoms with Gasteiger partial charge in [-0.1, -0.05) is 18.2 Å². The number of ether oxygens (including phenoxy) is 1. The van der Waals surface area contributed by atoms with Crippen LogP contribution in [-0.4, -0.2) is 21.3 Å². The van der Waals surface area contributed by atoms with Gasteiger partial charge in [0.2, 0.25) is 0 Å². The van der Waals surface area contributed by atoms with Crippen LogP contribution in [0.25, 0.3) is 0 Å². The van der Waals surface area contributed by atoms with Gasteiger partial charge in [0.15, 0.2) is 0 Å². The van der Waals surface area contributed by atoms with E-state index in [4.69, 9.17) is 4.74 Å². The summed E-state index contributed by atoms with van der Waals surface area (Å²) in [5, 5.41) is 10.4. The average molecular weight is 246 g/mol. The molecule has 2 rings (SSSR count). The molecule has 1 heterocycles. The van der Waals surface area contributed by atoms with Crippen molar-refractivity contribution in [3.8, 4) is 5.75 Å². The van der Waals surface area contributed by atoms with E-state index in [-0.39, 0.29) is 0 Å². The number of para-hydroxylation sites is 1. The monoisotopic (exact) mass is 246 g/mol. The quantitative estimate of drug-likeness (QED) is 0.881. The van der Waals surface area contributed by atoms with Crippen molar-refractivity contribution in [3.05, 3.63) is 48.0 Å². The first-order valence-corrected chi connectivity index (χ1v) is 6.18. The Hall–Kier alpha value is -1.81. The third kappa shape index (κ3) is 2.38. The molecule has 0 fully saturated rings. The van der Waals surface area contributed by atoms with Gasteiger partial charge >= 0.3 is 0 Å². The van der Waals surface area contributed by atoms with Crippen LogP contribution in [0.4, 0.5) is 0 Å². The normalized spacial score (nSPS) is 12.4. The summed E-state index contributed by atoms with van der Waals surface area (Å²) in [7, 11) is 0. The molecule has 2 aromatic rings. The molecule has 4 nitrogen and oxygen atoms in total. The molecule has 0 spiro atoms. The maximum absolute atomic E-state index is 10.4. The Bertz CT molecular complexity index is 508. The molecule has 1 N–H and O–H groups in total. The Morgan fingerprint density at radius 3 is 2.83 bits per heavy atom. The first-order valence-electron chi connectivity index (χ1n) is 6.18. The second kappa shape index (κ2) is 5.69. The van der Waals surface area contributed by atoms with Crippen LogP contribution >= 0.6 is 0 Å². The maximum atomic E-state index is 10.4. The van der Waals surface area contributed by atoms with E-state index in [0.29, 0.717) is 18.2 Å². The molecule has 0 radical (unpaired) electrons. The summed E-state index contributed by atoms with van der Waals surface area (Å²) in [6.07, 6.45) is 2.80. The zero-order valence-corrected chi connectivity index (χ0v) is 10.7. The SMILES string of the molecule is CCOc1ccccc1[C@H](O)c1nccn1CC. The Morgan fingerprint density at radius 2 is 2.11 bits per heavy atom. The third-order valence-corrected chi connectivity index (χ3v) is 2.85. The van der Waals surface area contributed by atoms with Gasteiger partial charge in [-0.05, 0) is 19.9 Å². The van der Waals surface area contributed by atoms with E-state index in [9.17, 15) is 5.11 Å². The van der Waals surface area contributed by atoms with Crippen molar-refractivity contribution in [2.45, 2.75) is 26.5 Å². The number of imidazole rings is 1. The Kier molecular flexibility index (Phi) is 3.99. The summed E-state index contributed by atoms with van der Waals surface area (Å²) in [5.41, 5.74) is 0.750. The Balaban J connectivity index is 2.36. The van der Waals surface area contributed by atoms with Crippen molar-refractivity contribution in [1.82, 2.24) is 9.55 Å². The highest BCUT2D eigenvalue weighted by Crippen LogP contribution is 2.29. The summed E-state index contributed by atoms with van der Waals surface area (Å²) >= 11 is 0. The minimum absolute atomic E-state index is 0.575. The standard InChI is InChI=1S/C14H18N2O2/c1-3-16-10-9-15-14(16)13(17)11-7-5-6-8-12(11)18-4-2/h5-10,13,17H,3-4H2,1-2H3/t13-/m0/s1. The molecular formula is C14H18N2O2. The molecule has 0 aliphatic rings. The van der Waals surface area contributed by atoms with Gasteiger partial charge in [-0.2, -0.15) is 0 Å². The van der Waals surface area contributed by atoms with Crippen LogP contribution < -0.4 is 4.74 Å².